The van der Waals surface area contributed by atoms with Gasteiger partial charge in [0.25, 0.3) is 0 Å². The number of aromatic nitrogens is 5. The van der Waals surface area contributed by atoms with Crippen LogP contribution in [0, 0.1) is 23.0 Å². The molecule has 5 aromatic rings. The van der Waals surface area contributed by atoms with Gasteiger partial charge < -0.3 is 20.6 Å². The standard InChI is InChI=1S/C27H18F2N8O2/c1-27(14-9-17(29)15(11-30)20(38)10-14)21-22(31)34-23(35-24(21)36-26(27)39)19-12-37-7-6-32-25(37)18(33-19)8-13-4-2-3-5-16(13)28/h2-7,9-10,12,38H,8H2,1H3,(H3,31,34,35,36,39). The average molecular weight is 524 g/mol. The molecule has 4 heterocycles. The number of anilines is 2. The highest BCUT2D eigenvalue weighted by Gasteiger charge is 2.48. The smallest absolute Gasteiger partial charge is 0.240 e. The Bertz CT molecular complexity index is 1860. The quantitative estimate of drug-likeness (QED) is 0.323. The van der Waals surface area contributed by atoms with Crippen molar-refractivity contribution in [3.05, 3.63) is 94.6 Å². The van der Waals surface area contributed by atoms with Gasteiger partial charge >= 0.3 is 0 Å². The number of nitrogens with two attached hydrogens (primary N) is 1. The highest BCUT2D eigenvalue weighted by Crippen LogP contribution is 2.46. The number of fused-ring (bicyclic) bond motifs is 2. The summed E-state index contributed by atoms with van der Waals surface area (Å²) in [5, 5.41) is 21.9. The third kappa shape index (κ3) is 3.63. The lowest BCUT2D eigenvalue weighted by molar-refractivity contribution is -0.119. The highest BCUT2D eigenvalue weighted by atomic mass is 19.1. The first-order chi connectivity index (χ1) is 18.7. The number of aromatic hydroxyl groups is 1. The minimum Gasteiger partial charge on any atom is -0.506 e. The van der Waals surface area contributed by atoms with Crippen LogP contribution in [0.25, 0.3) is 17.2 Å². The number of hydrogen-bond acceptors (Lipinski definition) is 8. The van der Waals surface area contributed by atoms with Gasteiger partial charge in [0, 0.05) is 25.0 Å². The Kier molecular flexibility index (Phi) is 5.25. The fraction of sp³-hybridized carbons (Fsp3) is 0.111. The summed E-state index contributed by atoms with van der Waals surface area (Å²) in [6.45, 7) is 1.50. The summed E-state index contributed by atoms with van der Waals surface area (Å²) in [6.07, 6.45) is 5.08. The van der Waals surface area contributed by atoms with E-state index < -0.39 is 28.5 Å². The summed E-state index contributed by atoms with van der Waals surface area (Å²) in [6, 6.07) is 10.1. The molecule has 3 aromatic heterocycles. The van der Waals surface area contributed by atoms with Crippen molar-refractivity contribution in [1.82, 2.24) is 24.3 Å². The van der Waals surface area contributed by atoms with Crippen LogP contribution < -0.4 is 11.1 Å². The number of nitrogens with zero attached hydrogens (tertiary/aromatic N) is 6. The van der Waals surface area contributed by atoms with Gasteiger partial charge in [-0.2, -0.15) is 5.26 Å². The summed E-state index contributed by atoms with van der Waals surface area (Å²) >= 11 is 0. The first-order valence-corrected chi connectivity index (χ1v) is 11.7. The highest BCUT2D eigenvalue weighted by molar-refractivity contribution is 6.09. The van der Waals surface area contributed by atoms with Crippen molar-refractivity contribution in [2.75, 3.05) is 11.1 Å². The van der Waals surface area contributed by atoms with Gasteiger partial charge in [0.05, 0.1) is 11.3 Å². The van der Waals surface area contributed by atoms with Gasteiger partial charge in [0.15, 0.2) is 11.5 Å². The largest absolute Gasteiger partial charge is 0.506 e. The van der Waals surface area contributed by atoms with Crippen molar-refractivity contribution in [3.8, 4) is 23.3 Å². The van der Waals surface area contributed by atoms with E-state index in [1.54, 1.807) is 47.3 Å². The second-order valence-electron chi connectivity index (χ2n) is 9.20. The van der Waals surface area contributed by atoms with Crippen molar-refractivity contribution >= 4 is 23.2 Å². The molecule has 1 atom stereocenters. The molecule has 1 aliphatic heterocycles. The molecule has 10 nitrogen and oxygen atoms in total. The maximum Gasteiger partial charge on any atom is 0.240 e. The molecule has 2 aromatic carbocycles. The van der Waals surface area contributed by atoms with E-state index in [4.69, 9.17) is 11.0 Å². The lowest BCUT2D eigenvalue weighted by Gasteiger charge is -2.24. The van der Waals surface area contributed by atoms with Crippen molar-refractivity contribution in [2.24, 2.45) is 0 Å². The van der Waals surface area contributed by atoms with Crippen LogP contribution in [-0.4, -0.2) is 35.4 Å². The van der Waals surface area contributed by atoms with Gasteiger partial charge in [-0.25, -0.2) is 28.7 Å². The zero-order chi connectivity index (χ0) is 27.5. The van der Waals surface area contributed by atoms with E-state index in [2.05, 4.69) is 25.3 Å². The summed E-state index contributed by atoms with van der Waals surface area (Å²) in [7, 11) is 0. The van der Waals surface area contributed by atoms with Gasteiger partial charge in [-0.15, -0.1) is 0 Å². The van der Waals surface area contributed by atoms with Crippen molar-refractivity contribution in [2.45, 2.75) is 18.8 Å². The molecule has 192 valence electrons. The Balaban J connectivity index is 1.47. The molecule has 39 heavy (non-hydrogen) atoms. The molecular weight excluding hydrogens is 506 g/mol. The second-order valence-corrected chi connectivity index (χ2v) is 9.20. The van der Waals surface area contributed by atoms with Crippen LogP contribution in [0.15, 0.2) is 55.0 Å². The molecule has 4 N–H and O–H groups in total. The molecule has 12 heteroatoms. The van der Waals surface area contributed by atoms with E-state index in [9.17, 15) is 18.7 Å². The molecule has 0 saturated heterocycles. The second kappa shape index (κ2) is 8.56. The normalized spacial score (nSPS) is 16.2. The Hall–Kier alpha value is -5.44. The number of imidazole rings is 1. The van der Waals surface area contributed by atoms with E-state index in [1.807, 2.05) is 0 Å². The van der Waals surface area contributed by atoms with Crippen LogP contribution >= 0.6 is 0 Å². The number of nitriles is 1. The number of rotatable bonds is 4. The van der Waals surface area contributed by atoms with Crippen LogP contribution in [0.4, 0.5) is 20.4 Å². The van der Waals surface area contributed by atoms with Gasteiger partial charge in [-0.1, -0.05) is 18.2 Å². The molecule has 0 fully saturated rings. The number of nitrogens with one attached hydrogen (secondary N) is 1. The third-order valence-electron chi connectivity index (χ3n) is 6.87. The van der Waals surface area contributed by atoms with Gasteiger partial charge in [0.1, 0.15) is 51.8 Å². The minimum atomic E-state index is -1.55. The third-order valence-corrected chi connectivity index (χ3v) is 6.87. The minimum absolute atomic E-state index is 0.0664. The van der Waals surface area contributed by atoms with Crippen LogP contribution in [0.3, 0.4) is 0 Å². The molecule has 1 unspecified atom stereocenters. The van der Waals surface area contributed by atoms with Crippen molar-refractivity contribution in [3.63, 3.8) is 0 Å². The number of benzene rings is 2. The SMILES string of the molecule is CC1(c2cc(O)c(C#N)c(F)c2)C(=O)Nc2nc(-c3cn4ccnc4c(Cc4ccccc4F)n3)nc(N)c21. The fourth-order valence-corrected chi connectivity index (χ4v) is 4.83. The van der Waals surface area contributed by atoms with Crippen LogP contribution in [0.1, 0.15) is 34.9 Å². The number of phenols is 1. The number of phenolic OH excluding ortho intramolecular Hbond substituents is 1. The number of nitrogen functional groups attached to an aromatic ring is 1. The number of carbonyl (C=O) groups is 1. The van der Waals surface area contributed by atoms with E-state index in [0.29, 0.717) is 22.6 Å². The molecule has 0 radical (unpaired) electrons. The number of carbonyl (C=O) groups excluding carboxylic acids is 1. The van der Waals surface area contributed by atoms with Gasteiger partial charge in [-0.3, -0.25) is 4.79 Å². The zero-order valence-corrected chi connectivity index (χ0v) is 20.3. The maximum absolute atomic E-state index is 14.5. The van der Waals surface area contributed by atoms with Crippen LogP contribution in [0.5, 0.6) is 5.75 Å². The predicted octanol–water partition coefficient (Wildman–Crippen LogP) is 3.47. The van der Waals surface area contributed by atoms with E-state index in [0.717, 1.165) is 12.1 Å². The summed E-state index contributed by atoms with van der Waals surface area (Å²) in [5.74, 6) is -2.41. The van der Waals surface area contributed by atoms with E-state index in [-0.39, 0.29) is 40.8 Å². The molecule has 0 spiro atoms. The number of amides is 1. The lowest BCUT2D eigenvalue weighted by Crippen LogP contribution is -2.33. The van der Waals surface area contributed by atoms with Crippen molar-refractivity contribution < 1.29 is 18.7 Å². The fourth-order valence-electron chi connectivity index (χ4n) is 4.83. The first kappa shape index (κ1) is 23.9. The van der Waals surface area contributed by atoms with E-state index in [1.165, 1.54) is 13.0 Å². The molecular formula is C27H18F2N8O2. The van der Waals surface area contributed by atoms with Gasteiger partial charge in [-0.05, 0) is 36.2 Å². The lowest BCUT2D eigenvalue weighted by atomic mass is 9.77. The summed E-state index contributed by atoms with van der Waals surface area (Å²) in [4.78, 5) is 31.1. The predicted molar refractivity (Wildman–Crippen MR) is 135 cm³/mol. The van der Waals surface area contributed by atoms with E-state index >= 15 is 0 Å². The average Bonchev–Trinajstić information content (AvgIpc) is 3.48. The zero-order valence-electron chi connectivity index (χ0n) is 20.3. The Morgan fingerprint density at radius 3 is 2.72 bits per heavy atom. The molecule has 6 rings (SSSR count). The molecule has 0 bridgehead atoms. The number of halogens is 2. The monoisotopic (exact) mass is 524 g/mol. The number of hydrogen-bond donors (Lipinski definition) is 3. The topological polar surface area (TPSA) is 155 Å². The molecule has 0 saturated carbocycles. The van der Waals surface area contributed by atoms with Crippen LogP contribution in [-0.2, 0) is 16.6 Å². The summed E-state index contributed by atoms with van der Waals surface area (Å²) < 4.78 is 30.6. The van der Waals surface area contributed by atoms with Gasteiger partial charge in [0.2, 0.25) is 5.91 Å². The van der Waals surface area contributed by atoms with Crippen LogP contribution in [0.2, 0.25) is 0 Å². The van der Waals surface area contributed by atoms with Crippen molar-refractivity contribution in [1.29, 1.82) is 5.26 Å². The molecule has 1 aliphatic rings. The maximum atomic E-state index is 14.5. The summed E-state index contributed by atoms with van der Waals surface area (Å²) in [5.41, 5.74) is 6.25. The Morgan fingerprint density at radius 1 is 1.18 bits per heavy atom. The first-order valence-electron chi connectivity index (χ1n) is 11.7. The Morgan fingerprint density at radius 2 is 1.97 bits per heavy atom. The molecule has 0 aliphatic carbocycles. The molecule has 1 amide bonds. The Labute approximate surface area is 219 Å².